The maximum Gasteiger partial charge on any atom is 0.129 e. The SMILES string of the molecule is CCN(Cc1nc(Cl)ccc1Cl)C1CCCCC1CN. The highest BCUT2D eigenvalue weighted by molar-refractivity contribution is 6.32. The van der Waals surface area contributed by atoms with Crippen molar-refractivity contribution in [2.45, 2.75) is 45.2 Å². The minimum absolute atomic E-state index is 0.500. The number of pyridine rings is 1. The maximum absolute atomic E-state index is 6.23. The highest BCUT2D eigenvalue weighted by Crippen LogP contribution is 2.29. The summed E-state index contributed by atoms with van der Waals surface area (Å²) in [4.78, 5) is 6.81. The van der Waals surface area contributed by atoms with Gasteiger partial charge in [-0.1, -0.05) is 43.0 Å². The normalized spacial score (nSPS) is 23.2. The Kier molecular flexibility index (Phi) is 6.09. The van der Waals surface area contributed by atoms with E-state index in [1.54, 1.807) is 6.07 Å². The molecule has 0 saturated heterocycles. The number of nitrogens with two attached hydrogens (primary N) is 1. The summed E-state index contributed by atoms with van der Waals surface area (Å²) < 4.78 is 0. The summed E-state index contributed by atoms with van der Waals surface area (Å²) in [6.45, 7) is 4.67. The molecule has 1 aromatic rings. The zero-order valence-corrected chi connectivity index (χ0v) is 13.5. The van der Waals surface area contributed by atoms with Crippen LogP contribution < -0.4 is 5.73 Å². The van der Waals surface area contributed by atoms with E-state index in [9.17, 15) is 0 Å². The van der Waals surface area contributed by atoms with E-state index >= 15 is 0 Å². The molecule has 2 N–H and O–H groups in total. The van der Waals surface area contributed by atoms with Crippen LogP contribution in [-0.4, -0.2) is 29.0 Å². The molecule has 0 aromatic carbocycles. The largest absolute Gasteiger partial charge is 0.330 e. The van der Waals surface area contributed by atoms with E-state index in [1.165, 1.54) is 25.7 Å². The summed E-state index contributed by atoms with van der Waals surface area (Å²) in [5.74, 6) is 0.585. The van der Waals surface area contributed by atoms with Crippen molar-refractivity contribution in [1.82, 2.24) is 9.88 Å². The molecule has 0 radical (unpaired) electrons. The molecule has 0 aliphatic heterocycles. The molecule has 0 bridgehead atoms. The van der Waals surface area contributed by atoms with Crippen LogP contribution in [0.1, 0.15) is 38.3 Å². The van der Waals surface area contributed by atoms with Crippen LogP contribution in [0.2, 0.25) is 10.2 Å². The lowest BCUT2D eigenvalue weighted by atomic mass is 9.83. The number of halogens is 2. The first-order valence-corrected chi connectivity index (χ1v) is 8.16. The van der Waals surface area contributed by atoms with Gasteiger partial charge < -0.3 is 5.73 Å². The van der Waals surface area contributed by atoms with Crippen LogP contribution in [0.15, 0.2) is 12.1 Å². The summed E-state index contributed by atoms with van der Waals surface area (Å²) in [5, 5.41) is 1.19. The monoisotopic (exact) mass is 315 g/mol. The van der Waals surface area contributed by atoms with E-state index in [0.29, 0.717) is 22.1 Å². The first kappa shape index (κ1) is 16.0. The average Bonchev–Trinajstić information content (AvgIpc) is 2.48. The number of aromatic nitrogens is 1. The molecule has 1 saturated carbocycles. The second-order valence-electron chi connectivity index (χ2n) is 5.47. The number of hydrogen-bond donors (Lipinski definition) is 1. The molecule has 2 rings (SSSR count). The number of rotatable bonds is 5. The van der Waals surface area contributed by atoms with Gasteiger partial charge in [-0.3, -0.25) is 4.90 Å². The molecule has 3 nitrogen and oxygen atoms in total. The molecule has 1 aliphatic rings. The van der Waals surface area contributed by atoms with Crippen LogP contribution in [0.4, 0.5) is 0 Å². The van der Waals surface area contributed by atoms with Crippen molar-refractivity contribution >= 4 is 23.2 Å². The third-order valence-corrected chi connectivity index (χ3v) is 4.84. The van der Waals surface area contributed by atoms with Crippen molar-refractivity contribution in [2.24, 2.45) is 11.7 Å². The predicted octanol–water partition coefficient (Wildman–Crippen LogP) is 3.73. The lowest BCUT2D eigenvalue weighted by Crippen LogP contribution is -2.44. The number of hydrogen-bond acceptors (Lipinski definition) is 3. The summed E-state index contributed by atoms with van der Waals surface area (Å²) in [6, 6.07) is 4.09. The smallest absolute Gasteiger partial charge is 0.129 e. The Morgan fingerprint density at radius 3 is 2.75 bits per heavy atom. The van der Waals surface area contributed by atoms with Gasteiger partial charge in [0, 0.05) is 12.6 Å². The first-order valence-electron chi connectivity index (χ1n) is 7.40. The van der Waals surface area contributed by atoms with Crippen molar-refractivity contribution in [2.75, 3.05) is 13.1 Å². The molecule has 1 fully saturated rings. The van der Waals surface area contributed by atoms with Crippen LogP contribution in [0.25, 0.3) is 0 Å². The van der Waals surface area contributed by atoms with E-state index < -0.39 is 0 Å². The van der Waals surface area contributed by atoms with Gasteiger partial charge in [0.1, 0.15) is 5.15 Å². The van der Waals surface area contributed by atoms with Gasteiger partial charge >= 0.3 is 0 Å². The van der Waals surface area contributed by atoms with Gasteiger partial charge in [-0.2, -0.15) is 0 Å². The van der Waals surface area contributed by atoms with Gasteiger partial charge in [0.2, 0.25) is 0 Å². The zero-order valence-electron chi connectivity index (χ0n) is 12.0. The van der Waals surface area contributed by atoms with Crippen LogP contribution in [0.3, 0.4) is 0 Å². The topological polar surface area (TPSA) is 42.2 Å². The molecular formula is C15H23Cl2N3. The summed E-state index contributed by atoms with van der Waals surface area (Å²) >= 11 is 12.2. The molecule has 2 unspecified atom stereocenters. The highest BCUT2D eigenvalue weighted by Gasteiger charge is 2.29. The second kappa shape index (κ2) is 7.60. The van der Waals surface area contributed by atoms with Crippen LogP contribution in [0.5, 0.6) is 0 Å². The number of nitrogens with zero attached hydrogens (tertiary/aromatic N) is 2. The van der Waals surface area contributed by atoms with E-state index in [2.05, 4.69) is 16.8 Å². The minimum Gasteiger partial charge on any atom is -0.330 e. The fourth-order valence-electron chi connectivity index (χ4n) is 3.17. The van der Waals surface area contributed by atoms with Gasteiger partial charge in [0.05, 0.1) is 10.7 Å². The Morgan fingerprint density at radius 1 is 1.30 bits per heavy atom. The molecule has 0 amide bonds. The summed E-state index contributed by atoms with van der Waals surface area (Å²) in [7, 11) is 0. The van der Waals surface area contributed by atoms with Gasteiger partial charge in [-0.05, 0) is 44.0 Å². The van der Waals surface area contributed by atoms with Gasteiger partial charge in [0.25, 0.3) is 0 Å². The third-order valence-electron chi connectivity index (χ3n) is 4.28. The molecule has 112 valence electrons. The molecule has 20 heavy (non-hydrogen) atoms. The van der Waals surface area contributed by atoms with E-state index in [4.69, 9.17) is 28.9 Å². The second-order valence-corrected chi connectivity index (χ2v) is 6.27. The summed E-state index contributed by atoms with van der Waals surface area (Å²) in [5.41, 5.74) is 6.81. The standard InChI is InChI=1S/C15H23Cl2N3/c1-2-20(14-6-4-3-5-11(14)9-18)10-13-12(16)7-8-15(17)19-13/h7-8,11,14H,2-6,9-10,18H2,1H3. The highest BCUT2D eigenvalue weighted by atomic mass is 35.5. The van der Waals surface area contributed by atoms with Crippen LogP contribution >= 0.6 is 23.2 Å². The van der Waals surface area contributed by atoms with E-state index in [-0.39, 0.29) is 0 Å². The third kappa shape index (κ3) is 3.85. The van der Waals surface area contributed by atoms with Crippen molar-refractivity contribution < 1.29 is 0 Å². The molecule has 5 heteroatoms. The van der Waals surface area contributed by atoms with E-state index in [1.807, 2.05) is 6.07 Å². The van der Waals surface area contributed by atoms with Crippen LogP contribution in [0, 0.1) is 5.92 Å². The van der Waals surface area contributed by atoms with Crippen molar-refractivity contribution in [3.63, 3.8) is 0 Å². The minimum atomic E-state index is 0.500. The molecule has 2 atom stereocenters. The van der Waals surface area contributed by atoms with Gasteiger partial charge in [-0.25, -0.2) is 4.98 Å². The van der Waals surface area contributed by atoms with Crippen molar-refractivity contribution in [3.05, 3.63) is 28.0 Å². The Hall–Kier alpha value is -0.350. The predicted molar refractivity (Wildman–Crippen MR) is 85.1 cm³/mol. The first-order chi connectivity index (χ1) is 9.65. The summed E-state index contributed by atoms with van der Waals surface area (Å²) in [6.07, 6.45) is 5.03. The van der Waals surface area contributed by atoms with Crippen molar-refractivity contribution in [3.8, 4) is 0 Å². The van der Waals surface area contributed by atoms with Gasteiger partial charge in [0.15, 0.2) is 0 Å². The molecular weight excluding hydrogens is 293 g/mol. The quantitative estimate of drug-likeness (QED) is 0.842. The van der Waals surface area contributed by atoms with Crippen LogP contribution in [-0.2, 0) is 6.54 Å². The Balaban J connectivity index is 2.13. The fraction of sp³-hybridized carbons (Fsp3) is 0.667. The van der Waals surface area contributed by atoms with Gasteiger partial charge in [-0.15, -0.1) is 0 Å². The fourth-order valence-corrected chi connectivity index (χ4v) is 3.50. The Labute approximate surface area is 131 Å². The van der Waals surface area contributed by atoms with Crippen molar-refractivity contribution in [1.29, 1.82) is 0 Å². The lowest BCUT2D eigenvalue weighted by Gasteiger charge is -2.39. The Bertz CT molecular complexity index is 439. The lowest BCUT2D eigenvalue weighted by molar-refractivity contribution is 0.104. The average molecular weight is 316 g/mol. The molecule has 0 spiro atoms. The Morgan fingerprint density at radius 2 is 2.05 bits per heavy atom. The maximum atomic E-state index is 6.23. The molecule has 1 heterocycles. The van der Waals surface area contributed by atoms with E-state index in [0.717, 1.165) is 25.3 Å². The molecule has 1 aliphatic carbocycles. The zero-order chi connectivity index (χ0) is 14.5. The molecule has 1 aromatic heterocycles.